The van der Waals surface area contributed by atoms with Crippen LogP contribution in [0, 0.1) is 6.92 Å². The monoisotopic (exact) mass is 208 g/mol. The predicted octanol–water partition coefficient (Wildman–Crippen LogP) is 1.47. The van der Waals surface area contributed by atoms with Gasteiger partial charge in [-0.05, 0) is 45.0 Å². The molecule has 0 saturated carbocycles. The number of aryl methyl sites for hydroxylation is 1. The third-order valence-electron chi connectivity index (χ3n) is 2.94. The van der Waals surface area contributed by atoms with E-state index in [1.165, 1.54) is 12.8 Å². The Hall–Kier alpha value is -0.800. The Balaban J connectivity index is 1.65. The van der Waals surface area contributed by atoms with E-state index in [2.05, 4.69) is 16.7 Å². The van der Waals surface area contributed by atoms with Gasteiger partial charge in [0.2, 0.25) is 0 Å². The summed E-state index contributed by atoms with van der Waals surface area (Å²) in [6.45, 7) is 5.32. The van der Waals surface area contributed by atoms with Crippen LogP contribution < -0.4 is 10.6 Å². The van der Waals surface area contributed by atoms with Crippen LogP contribution in [0.1, 0.15) is 24.4 Å². The molecule has 1 aliphatic rings. The number of piperidine rings is 1. The van der Waals surface area contributed by atoms with E-state index in [-0.39, 0.29) is 0 Å². The molecule has 15 heavy (non-hydrogen) atoms. The van der Waals surface area contributed by atoms with Gasteiger partial charge in [0.15, 0.2) is 0 Å². The van der Waals surface area contributed by atoms with Gasteiger partial charge in [0, 0.05) is 19.0 Å². The lowest BCUT2D eigenvalue weighted by atomic mass is 10.1. The van der Waals surface area contributed by atoms with Crippen molar-refractivity contribution in [3.8, 4) is 0 Å². The molecule has 2 heterocycles. The Labute approximate surface area is 91.2 Å². The van der Waals surface area contributed by atoms with Crippen molar-refractivity contribution in [2.45, 2.75) is 32.2 Å². The zero-order chi connectivity index (χ0) is 10.5. The fourth-order valence-electron chi connectivity index (χ4n) is 2.05. The summed E-state index contributed by atoms with van der Waals surface area (Å²) in [5, 5.41) is 6.95. The minimum Gasteiger partial charge on any atom is -0.466 e. The van der Waals surface area contributed by atoms with Crippen LogP contribution in [0.15, 0.2) is 16.5 Å². The highest BCUT2D eigenvalue weighted by molar-refractivity contribution is 5.05. The molecule has 3 heteroatoms. The van der Waals surface area contributed by atoms with Crippen LogP contribution in [-0.4, -0.2) is 25.7 Å². The molecule has 0 spiro atoms. The van der Waals surface area contributed by atoms with Crippen LogP contribution in [0.4, 0.5) is 0 Å². The third kappa shape index (κ3) is 3.36. The van der Waals surface area contributed by atoms with Gasteiger partial charge in [-0.25, -0.2) is 0 Å². The maximum Gasteiger partial charge on any atom is 0.105 e. The maximum absolute atomic E-state index is 5.52. The zero-order valence-corrected chi connectivity index (χ0v) is 9.38. The molecule has 2 N–H and O–H groups in total. The van der Waals surface area contributed by atoms with E-state index in [0.29, 0.717) is 6.04 Å². The van der Waals surface area contributed by atoms with E-state index >= 15 is 0 Å². The van der Waals surface area contributed by atoms with Gasteiger partial charge in [0.1, 0.15) is 11.5 Å². The fraction of sp³-hybridized carbons (Fsp3) is 0.667. The van der Waals surface area contributed by atoms with Gasteiger partial charge in [-0.1, -0.05) is 0 Å². The highest BCUT2D eigenvalue weighted by Crippen LogP contribution is 2.07. The van der Waals surface area contributed by atoms with Gasteiger partial charge in [-0.15, -0.1) is 0 Å². The fourth-order valence-corrected chi connectivity index (χ4v) is 2.05. The summed E-state index contributed by atoms with van der Waals surface area (Å²) in [5.41, 5.74) is 0. The molecule has 0 unspecified atom stereocenters. The summed E-state index contributed by atoms with van der Waals surface area (Å²) >= 11 is 0. The smallest absolute Gasteiger partial charge is 0.105 e. The normalized spacial score (nSPS) is 18.2. The van der Waals surface area contributed by atoms with Crippen LogP contribution in [0.3, 0.4) is 0 Å². The first-order valence-corrected chi connectivity index (χ1v) is 5.84. The van der Waals surface area contributed by atoms with Gasteiger partial charge < -0.3 is 15.1 Å². The summed E-state index contributed by atoms with van der Waals surface area (Å²) in [5.74, 6) is 2.10. The van der Waals surface area contributed by atoms with Gasteiger partial charge >= 0.3 is 0 Å². The van der Waals surface area contributed by atoms with Crippen molar-refractivity contribution in [3.05, 3.63) is 23.7 Å². The van der Waals surface area contributed by atoms with Crippen LogP contribution in [0.5, 0.6) is 0 Å². The lowest BCUT2D eigenvalue weighted by molar-refractivity contribution is 0.382. The second kappa shape index (κ2) is 5.33. The van der Waals surface area contributed by atoms with E-state index in [9.17, 15) is 0 Å². The highest BCUT2D eigenvalue weighted by atomic mass is 16.3. The first kappa shape index (κ1) is 10.7. The van der Waals surface area contributed by atoms with Crippen molar-refractivity contribution in [2.24, 2.45) is 0 Å². The zero-order valence-electron chi connectivity index (χ0n) is 9.38. The van der Waals surface area contributed by atoms with Crippen LogP contribution in [0.25, 0.3) is 0 Å². The largest absolute Gasteiger partial charge is 0.466 e. The number of hydrogen-bond donors (Lipinski definition) is 2. The molecule has 2 rings (SSSR count). The molecule has 3 nitrogen and oxygen atoms in total. The highest BCUT2D eigenvalue weighted by Gasteiger charge is 2.11. The Morgan fingerprint density at radius 1 is 1.40 bits per heavy atom. The minimum absolute atomic E-state index is 0.697. The second-order valence-electron chi connectivity index (χ2n) is 4.24. The molecule has 1 aromatic rings. The molecule has 0 amide bonds. The number of hydrogen-bond acceptors (Lipinski definition) is 3. The lowest BCUT2D eigenvalue weighted by Crippen LogP contribution is -2.40. The van der Waals surface area contributed by atoms with E-state index in [4.69, 9.17) is 4.42 Å². The molecule has 1 aromatic heterocycles. The summed E-state index contributed by atoms with van der Waals surface area (Å²) in [6, 6.07) is 4.79. The third-order valence-corrected chi connectivity index (χ3v) is 2.94. The Bertz CT molecular complexity index is 290. The molecular formula is C12H20N2O. The van der Waals surface area contributed by atoms with Crippen molar-refractivity contribution in [1.82, 2.24) is 10.6 Å². The van der Waals surface area contributed by atoms with Crippen molar-refractivity contribution in [3.63, 3.8) is 0 Å². The Morgan fingerprint density at radius 3 is 2.87 bits per heavy atom. The number of nitrogens with one attached hydrogen (secondary N) is 2. The van der Waals surface area contributed by atoms with Crippen molar-refractivity contribution < 1.29 is 4.42 Å². The van der Waals surface area contributed by atoms with Crippen LogP contribution in [-0.2, 0) is 6.42 Å². The summed E-state index contributed by atoms with van der Waals surface area (Å²) in [7, 11) is 0. The van der Waals surface area contributed by atoms with Crippen molar-refractivity contribution in [1.29, 1.82) is 0 Å². The molecule has 0 aliphatic carbocycles. The standard InChI is InChI=1S/C12H20N2O/c1-10-2-3-12(15-10)6-9-14-11-4-7-13-8-5-11/h2-3,11,13-14H,4-9H2,1H3. The quantitative estimate of drug-likeness (QED) is 0.787. The van der Waals surface area contributed by atoms with Crippen molar-refractivity contribution >= 4 is 0 Å². The van der Waals surface area contributed by atoms with Gasteiger partial charge in [-0.3, -0.25) is 0 Å². The number of furan rings is 1. The SMILES string of the molecule is Cc1ccc(CCNC2CCNCC2)o1. The molecule has 1 fully saturated rings. The molecule has 84 valence electrons. The first-order valence-electron chi connectivity index (χ1n) is 5.84. The number of rotatable bonds is 4. The summed E-state index contributed by atoms with van der Waals surface area (Å²) in [4.78, 5) is 0. The van der Waals surface area contributed by atoms with Crippen LogP contribution in [0.2, 0.25) is 0 Å². The molecule has 0 radical (unpaired) electrons. The van der Waals surface area contributed by atoms with Crippen molar-refractivity contribution in [2.75, 3.05) is 19.6 Å². The molecule has 0 bridgehead atoms. The van der Waals surface area contributed by atoms with E-state index in [1.54, 1.807) is 0 Å². The van der Waals surface area contributed by atoms with E-state index in [0.717, 1.165) is 37.6 Å². The van der Waals surface area contributed by atoms with E-state index in [1.807, 2.05) is 13.0 Å². The predicted molar refractivity (Wildman–Crippen MR) is 61.0 cm³/mol. The van der Waals surface area contributed by atoms with Gasteiger partial charge in [0.05, 0.1) is 0 Å². The molecule has 1 aliphatic heterocycles. The molecule has 0 aromatic carbocycles. The first-order chi connectivity index (χ1) is 7.34. The average molecular weight is 208 g/mol. The van der Waals surface area contributed by atoms with E-state index < -0.39 is 0 Å². The minimum atomic E-state index is 0.697. The summed E-state index contributed by atoms with van der Waals surface area (Å²) < 4.78 is 5.52. The lowest BCUT2D eigenvalue weighted by Gasteiger charge is -2.23. The Morgan fingerprint density at radius 2 is 2.20 bits per heavy atom. The maximum atomic E-state index is 5.52. The molecular weight excluding hydrogens is 188 g/mol. The van der Waals surface area contributed by atoms with Crippen LogP contribution >= 0.6 is 0 Å². The molecule has 1 saturated heterocycles. The Kier molecular flexibility index (Phi) is 3.80. The summed E-state index contributed by atoms with van der Waals surface area (Å²) in [6.07, 6.45) is 3.49. The van der Waals surface area contributed by atoms with Gasteiger partial charge in [-0.2, -0.15) is 0 Å². The van der Waals surface area contributed by atoms with Gasteiger partial charge in [0.25, 0.3) is 0 Å². The average Bonchev–Trinajstić information content (AvgIpc) is 2.66. The second-order valence-corrected chi connectivity index (χ2v) is 4.24. The molecule has 0 atom stereocenters. The topological polar surface area (TPSA) is 37.2 Å².